The summed E-state index contributed by atoms with van der Waals surface area (Å²) < 4.78 is 6.78. The number of ether oxygens (including phenoxy) is 1. The Hall–Kier alpha value is -3.69. The Morgan fingerprint density at radius 2 is 1.94 bits per heavy atom. The van der Waals surface area contributed by atoms with Gasteiger partial charge in [-0.1, -0.05) is 23.2 Å². The zero-order chi connectivity index (χ0) is 23.9. The van der Waals surface area contributed by atoms with Gasteiger partial charge in [0.05, 0.1) is 35.4 Å². The van der Waals surface area contributed by atoms with Crippen molar-refractivity contribution in [2.45, 2.75) is 6.92 Å². The van der Waals surface area contributed by atoms with Gasteiger partial charge in [-0.3, -0.25) is 0 Å². The van der Waals surface area contributed by atoms with E-state index in [2.05, 4.69) is 30.6 Å². The van der Waals surface area contributed by atoms with Crippen molar-refractivity contribution in [3.8, 4) is 16.9 Å². The molecule has 11 heteroatoms. The van der Waals surface area contributed by atoms with E-state index in [1.165, 1.54) is 6.20 Å². The number of pyridine rings is 1. The van der Waals surface area contributed by atoms with Crippen molar-refractivity contribution in [2.75, 3.05) is 30.3 Å². The summed E-state index contributed by atoms with van der Waals surface area (Å²) in [5.41, 5.74) is 2.51. The van der Waals surface area contributed by atoms with Gasteiger partial charge in [0.2, 0.25) is 5.95 Å². The second-order valence-electron chi connectivity index (χ2n) is 7.03. The van der Waals surface area contributed by atoms with Crippen molar-refractivity contribution in [2.24, 2.45) is 0 Å². The highest BCUT2D eigenvalue weighted by Crippen LogP contribution is 2.33. The quantitative estimate of drug-likeness (QED) is 0.252. The Balaban J connectivity index is 1.44. The molecular formula is C23H21Cl2N7O2. The summed E-state index contributed by atoms with van der Waals surface area (Å²) in [6, 6.07) is 8.66. The van der Waals surface area contributed by atoms with E-state index in [0.29, 0.717) is 52.8 Å². The van der Waals surface area contributed by atoms with Crippen LogP contribution >= 0.6 is 23.2 Å². The zero-order valence-corrected chi connectivity index (χ0v) is 19.7. The molecule has 1 aromatic carbocycles. The second-order valence-corrected chi connectivity index (χ2v) is 7.87. The summed E-state index contributed by atoms with van der Waals surface area (Å²) in [7, 11) is 0. The minimum Gasteiger partial charge on any atom is -0.462 e. The van der Waals surface area contributed by atoms with Crippen LogP contribution < -0.4 is 10.6 Å². The highest BCUT2D eigenvalue weighted by molar-refractivity contribution is 6.36. The largest absolute Gasteiger partial charge is 0.462 e. The van der Waals surface area contributed by atoms with Crippen molar-refractivity contribution < 1.29 is 9.53 Å². The van der Waals surface area contributed by atoms with Gasteiger partial charge in [0, 0.05) is 42.3 Å². The maximum absolute atomic E-state index is 11.7. The fraction of sp³-hybridized carbons (Fsp3) is 0.174. The Morgan fingerprint density at radius 1 is 1.09 bits per heavy atom. The van der Waals surface area contributed by atoms with Crippen LogP contribution in [0.4, 0.5) is 11.8 Å². The lowest BCUT2D eigenvalue weighted by molar-refractivity contribution is 0.0526. The van der Waals surface area contributed by atoms with Crippen molar-refractivity contribution in [1.82, 2.24) is 24.5 Å². The summed E-state index contributed by atoms with van der Waals surface area (Å²) in [5.74, 6) is 0.688. The Labute approximate surface area is 206 Å². The van der Waals surface area contributed by atoms with E-state index >= 15 is 0 Å². The zero-order valence-electron chi connectivity index (χ0n) is 18.2. The molecule has 174 valence electrons. The van der Waals surface area contributed by atoms with Gasteiger partial charge in [0.25, 0.3) is 0 Å². The van der Waals surface area contributed by atoms with Gasteiger partial charge in [-0.25, -0.2) is 24.7 Å². The van der Waals surface area contributed by atoms with E-state index in [9.17, 15) is 4.79 Å². The van der Waals surface area contributed by atoms with Crippen LogP contribution in [0.3, 0.4) is 0 Å². The van der Waals surface area contributed by atoms with Crippen LogP contribution in [0.2, 0.25) is 10.0 Å². The summed E-state index contributed by atoms with van der Waals surface area (Å²) in [6.07, 6.45) is 8.35. The minimum atomic E-state index is -0.392. The lowest BCUT2D eigenvalue weighted by atomic mass is 10.1. The summed E-state index contributed by atoms with van der Waals surface area (Å²) >= 11 is 12.5. The summed E-state index contributed by atoms with van der Waals surface area (Å²) in [4.78, 5) is 29.2. The molecule has 0 bridgehead atoms. The molecule has 0 saturated heterocycles. The fourth-order valence-electron chi connectivity index (χ4n) is 3.13. The Kier molecular flexibility index (Phi) is 7.56. The van der Waals surface area contributed by atoms with Crippen molar-refractivity contribution in [3.05, 3.63) is 77.1 Å². The van der Waals surface area contributed by atoms with Gasteiger partial charge in [0.15, 0.2) is 0 Å². The highest BCUT2D eigenvalue weighted by Gasteiger charge is 2.15. The summed E-state index contributed by atoms with van der Waals surface area (Å²) in [5, 5.41) is 7.40. The van der Waals surface area contributed by atoms with Crippen LogP contribution in [0.5, 0.6) is 0 Å². The molecule has 0 radical (unpaired) electrons. The van der Waals surface area contributed by atoms with Gasteiger partial charge in [0.1, 0.15) is 11.5 Å². The number of benzene rings is 1. The molecule has 3 aromatic heterocycles. The molecule has 2 N–H and O–H groups in total. The van der Waals surface area contributed by atoms with Gasteiger partial charge >= 0.3 is 5.97 Å². The monoisotopic (exact) mass is 497 g/mol. The molecule has 34 heavy (non-hydrogen) atoms. The first-order valence-electron chi connectivity index (χ1n) is 10.5. The molecule has 0 spiro atoms. The molecule has 0 unspecified atom stereocenters. The number of nitrogens with one attached hydrogen (secondary N) is 2. The van der Waals surface area contributed by atoms with Crippen molar-refractivity contribution >= 4 is 40.9 Å². The molecule has 9 nitrogen and oxygen atoms in total. The van der Waals surface area contributed by atoms with Gasteiger partial charge in [-0.2, -0.15) is 0 Å². The topological polar surface area (TPSA) is 107 Å². The first-order valence-corrected chi connectivity index (χ1v) is 11.2. The molecule has 3 heterocycles. The van der Waals surface area contributed by atoms with E-state index < -0.39 is 5.97 Å². The molecule has 0 aliphatic carbocycles. The predicted octanol–water partition coefficient (Wildman–Crippen LogP) is 4.73. The number of anilines is 2. The first-order chi connectivity index (χ1) is 16.5. The van der Waals surface area contributed by atoms with Gasteiger partial charge < -0.3 is 19.9 Å². The standard InChI is InChI=1S/C23H21Cl2N7O2/c1-2-34-22(33)15-3-6-20(29-12-15)27-7-8-28-23-30-13-19(32-10-9-26-14-32)21(31-23)17-5-4-16(24)11-18(17)25/h3-6,9-14H,2,7-8H2,1H3,(H,27,29)(H,28,30,31). The van der Waals surface area contributed by atoms with E-state index in [1.54, 1.807) is 49.9 Å². The van der Waals surface area contributed by atoms with E-state index in [-0.39, 0.29) is 0 Å². The van der Waals surface area contributed by atoms with Crippen molar-refractivity contribution in [1.29, 1.82) is 0 Å². The number of hydrogen-bond donors (Lipinski definition) is 2. The van der Waals surface area contributed by atoms with Crippen molar-refractivity contribution in [3.63, 3.8) is 0 Å². The van der Waals surface area contributed by atoms with Crippen LogP contribution in [0, 0.1) is 0 Å². The SMILES string of the molecule is CCOC(=O)c1ccc(NCCNc2ncc(-n3ccnc3)c(-c3ccc(Cl)cc3Cl)n2)nc1. The van der Waals surface area contributed by atoms with Crippen LogP contribution in [0.15, 0.2) is 61.4 Å². The van der Waals surface area contributed by atoms with E-state index in [0.717, 1.165) is 11.3 Å². The average molecular weight is 498 g/mol. The normalized spacial score (nSPS) is 10.7. The highest BCUT2D eigenvalue weighted by atomic mass is 35.5. The maximum atomic E-state index is 11.7. The number of hydrogen-bond acceptors (Lipinski definition) is 8. The van der Waals surface area contributed by atoms with Gasteiger partial charge in [-0.15, -0.1) is 0 Å². The fourth-order valence-corrected chi connectivity index (χ4v) is 3.63. The number of carbonyl (C=O) groups is 1. The summed E-state index contributed by atoms with van der Waals surface area (Å²) in [6.45, 7) is 3.16. The smallest absolute Gasteiger partial charge is 0.339 e. The number of esters is 1. The average Bonchev–Trinajstić information content (AvgIpc) is 3.37. The third-order valence-electron chi connectivity index (χ3n) is 4.73. The van der Waals surface area contributed by atoms with E-state index in [1.807, 2.05) is 16.8 Å². The second kappa shape index (κ2) is 11.0. The minimum absolute atomic E-state index is 0.321. The molecule has 4 rings (SSSR count). The number of aromatic nitrogens is 5. The third-order valence-corrected chi connectivity index (χ3v) is 5.27. The maximum Gasteiger partial charge on any atom is 0.339 e. The number of nitrogens with zero attached hydrogens (tertiary/aromatic N) is 5. The lowest BCUT2D eigenvalue weighted by Crippen LogP contribution is -2.16. The Bertz CT molecular complexity index is 1270. The number of imidazole rings is 1. The lowest BCUT2D eigenvalue weighted by Gasteiger charge is -2.13. The van der Waals surface area contributed by atoms with Crippen LogP contribution in [-0.4, -0.2) is 50.2 Å². The number of halogens is 2. The third kappa shape index (κ3) is 5.62. The number of carbonyl (C=O) groups excluding carboxylic acids is 1. The Morgan fingerprint density at radius 3 is 2.65 bits per heavy atom. The van der Waals surface area contributed by atoms with Crippen LogP contribution in [0.25, 0.3) is 16.9 Å². The molecule has 0 aliphatic heterocycles. The van der Waals surface area contributed by atoms with Gasteiger partial charge in [-0.05, 0) is 37.3 Å². The molecule has 0 saturated carbocycles. The molecular weight excluding hydrogens is 477 g/mol. The van der Waals surface area contributed by atoms with Crippen LogP contribution in [-0.2, 0) is 4.74 Å². The van der Waals surface area contributed by atoms with E-state index in [4.69, 9.17) is 27.9 Å². The number of rotatable bonds is 9. The first kappa shape index (κ1) is 23.5. The molecule has 0 amide bonds. The molecule has 0 fully saturated rings. The molecule has 4 aromatic rings. The molecule has 0 aliphatic rings. The predicted molar refractivity (Wildman–Crippen MR) is 132 cm³/mol. The van der Waals surface area contributed by atoms with Crippen LogP contribution in [0.1, 0.15) is 17.3 Å². The molecule has 0 atom stereocenters.